The predicted molar refractivity (Wildman–Crippen MR) is 97.4 cm³/mol. The summed E-state index contributed by atoms with van der Waals surface area (Å²) in [6.45, 7) is 0. The van der Waals surface area contributed by atoms with Crippen molar-refractivity contribution in [2.75, 3.05) is 0 Å². The van der Waals surface area contributed by atoms with E-state index in [0.717, 1.165) is 16.7 Å². The first-order valence-electron chi connectivity index (χ1n) is 7.88. The largest absolute Gasteiger partial charge is 0.476 e. The lowest BCUT2D eigenvalue weighted by molar-refractivity contribution is 0.0693. The SMILES string of the molecule is O=C(O)c1nc(-c2ccc(-c3ccccc3)cc2)nc2ccccc12. The van der Waals surface area contributed by atoms with Gasteiger partial charge in [0.2, 0.25) is 0 Å². The third-order valence-electron chi connectivity index (χ3n) is 4.06. The fourth-order valence-electron chi connectivity index (χ4n) is 2.81. The van der Waals surface area contributed by atoms with Crippen molar-refractivity contribution in [1.82, 2.24) is 9.97 Å². The predicted octanol–water partition coefficient (Wildman–Crippen LogP) is 4.66. The van der Waals surface area contributed by atoms with Gasteiger partial charge in [-0.25, -0.2) is 14.8 Å². The van der Waals surface area contributed by atoms with E-state index in [9.17, 15) is 9.90 Å². The van der Waals surface area contributed by atoms with E-state index in [1.54, 1.807) is 18.2 Å². The number of carbonyl (C=O) groups is 1. The Balaban J connectivity index is 1.81. The summed E-state index contributed by atoms with van der Waals surface area (Å²) in [6.07, 6.45) is 0. The molecule has 1 heterocycles. The first-order chi connectivity index (χ1) is 12.2. The van der Waals surface area contributed by atoms with Crippen molar-refractivity contribution in [1.29, 1.82) is 0 Å². The number of carboxylic acids is 1. The van der Waals surface area contributed by atoms with Crippen molar-refractivity contribution in [2.24, 2.45) is 0 Å². The number of aromatic carboxylic acids is 1. The Kier molecular flexibility index (Phi) is 3.71. The van der Waals surface area contributed by atoms with Crippen molar-refractivity contribution >= 4 is 16.9 Å². The van der Waals surface area contributed by atoms with Crippen LogP contribution in [0, 0.1) is 0 Å². The Labute approximate surface area is 144 Å². The smallest absolute Gasteiger partial charge is 0.355 e. The molecule has 0 aliphatic carbocycles. The average Bonchev–Trinajstić information content (AvgIpc) is 2.68. The van der Waals surface area contributed by atoms with Gasteiger partial charge in [-0.2, -0.15) is 0 Å². The first kappa shape index (κ1) is 15.0. The molecule has 0 spiro atoms. The van der Waals surface area contributed by atoms with Crippen LogP contribution in [-0.2, 0) is 0 Å². The molecular weight excluding hydrogens is 312 g/mol. The van der Waals surface area contributed by atoms with Crippen molar-refractivity contribution < 1.29 is 9.90 Å². The van der Waals surface area contributed by atoms with E-state index < -0.39 is 5.97 Å². The van der Waals surface area contributed by atoms with Gasteiger partial charge in [0.1, 0.15) is 0 Å². The van der Waals surface area contributed by atoms with Gasteiger partial charge in [-0.15, -0.1) is 0 Å². The quantitative estimate of drug-likeness (QED) is 0.594. The van der Waals surface area contributed by atoms with E-state index in [-0.39, 0.29) is 5.69 Å². The molecule has 25 heavy (non-hydrogen) atoms. The molecule has 0 atom stereocenters. The molecule has 0 aliphatic heterocycles. The van der Waals surface area contributed by atoms with Gasteiger partial charge in [-0.05, 0) is 17.2 Å². The highest BCUT2D eigenvalue weighted by Gasteiger charge is 2.14. The minimum atomic E-state index is -1.05. The second-order valence-electron chi connectivity index (χ2n) is 5.66. The third-order valence-corrected chi connectivity index (χ3v) is 4.06. The molecule has 0 aliphatic rings. The number of aromatic nitrogens is 2. The lowest BCUT2D eigenvalue weighted by Crippen LogP contribution is -2.04. The maximum absolute atomic E-state index is 11.5. The van der Waals surface area contributed by atoms with Gasteiger partial charge in [0, 0.05) is 10.9 Å². The molecular formula is C21H14N2O2. The lowest BCUT2D eigenvalue weighted by atomic mass is 10.0. The zero-order valence-electron chi connectivity index (χ0n) is 13.3. The van der Waals surface area contributed by atoms with Crippen LogP contribution < -0.4 is 0 Å². The Hall–Kier alpha value is -3.53. The van der Waals surface area contributed by atoms with Gasteiger partial charge in [0.25, 0.3) is 0 Å². The van der Waals surface area contributed by atoms with E-state index in [2.05, 4.69) is 9.97 Å². The Morgan fingerprint density at radius 3 is 2.00 bits per heavy atom. The van der Waals surface area contributed by atoms with Gasteiger partial charge in [0.15, 0.2) is 11.5 Å². The summed E-state index contributed by atoms with van der Waals surface area (Å²) in [5.74, 6) is -0.642. The van der Waals surface area contributed by atoms with Crippen molar-refractivity contribution in [2.45, 2.75) is 0 Å². The molecule has 0 radical (unpaired) electrons. The molecule has 0 fully saturated rings. The summed E-state index contributed by atoms with van der Waals surface area (Å²) in [7, 11) is 0. The van der Waals surface area contributed by atoms with Gasteiger partial charge in [-0.1, -0.05) is 72.8 Å². The summed E-state index contributed by atoms with van der Waals surface area (Å²) in [5, 5.41) is 10.00. The third kappa shape index (κ3) is 2.85. The molecule has 0 amide bonds. The molecule has 0 unspecified atom stereocenters. The van der Waals surface area contributed by atoms with Crippen LogP contribution in [0.3, 0.4) is 0 Å². The lowest BCUT2D eigenvalue weighted by Gasteiger charge is -2.07. The average molecular weight is 326 g/mol. The van der Waals surface area contributed by atoms with Crippen molar-refractivity contribution in [3.05, 3.63) is 84.6 Å². The van der Waals surface area contributed by atoms with Crippen molar-refractivity contribution in [3.63, 3.8) is 0 Å². The number of nitrogens with zero attached hydrogens (tertiary/aromatic N) is 2. The van der Waals surface area contributed by atoms with E-state index in [1.807, 2.05) is 60.7 Å². The van der Waals surface area contributed by atoms with Crippen LogP contribution in [0.2, 0.25) is 0 Å². The highest BCUT2D eigenvalue weighted by atomic mass is 16.4. The maximum atomic E-state index is 11.5. The second-order valence-corrected chi connectivity index (χ2v) is 5.66. The van der Waals surface area contributed by atoms with Gasteiger partial charge in [-0.3, -0.25) is 0 Å². The number of rotatable bonds is 3. The van der Waals surface area contributed by atoms with Crippen LogP contribution >= 0.6 is 0 Å². The molecule has 4 nitrogen and oxygen atoms in total. The Morgan fingerprint density at radius 1 is 0.680 bits per heavy atom. The molecule has 120 valence electrons. The van der Waals surface area contributed by atoms with Crippen LogP contribution in [0.4, 0.5) is 0 Å². The number of benzene rings is 3. The summed E-state index contributed by atoms with van der Waals surface area (Å²) in [4.78, 5) is 20.3. The maximum Gasteiger partial charge on any atom is 0.355 e. The van der Waals surface area contributed by atoms with Crippen LogP contribution in [0.25, 0.3) is 33.4 Å². The number of hydrogen-bond acceptors (Lipinski definition) is 3. The Morgan fingerprint density at radius 2 is 1.28 bits per heavy atom. The molecule has 4 heteroatoms. The number of fused-ring (bicyclic) bond motifs is 1. The van der Waals surface area contributed by atoms with Crippen LogP contribution in [0.1, 0.15) is 10.5 Å². The first-order valence-corrected chi connectivity index (χ1v) is 7.88. The zero-order valence-corrected chi connectivity index (χ0v) is 13.3. The minimum Gasteiger partial charge on any atom is -0.476 e. The number of hydrogen-bond donors (Lipinski definition) is 1. The van der Waals surface area contributed by atoms with Crippen LogP contribution in [0.5, 0.6) is 0 Å². The van der Waals surface area contributed by atoms with Crippen LogP contribution in [0.15, 0.2) is 78.9 Å². The summed E-state index contributed by atoms with van der Waals surface area (Å²) >= 11 is 0. The van der Waals surface area contributed by atoms with Crippen molar-refractivity contribution in [3.8, 4) is 22.5 Å². The number of para-hydroxylation sites is 1. The molecule has 4 aromatic rings. The standard InChI is InChI=1S/C21H14N2O2/c24-21(25)19-17-8-4-5-9-18(17)22-20(23-19)16-12-10-15(11-13-16)14-6-2-1-3-7-14/h1-13H,(H,24,25). The minimum absolute atomic E-state index is 0.0211. The fraction of sp³-hybridized carbons (Fsp3) is 0. The Bertz CT molecular complexity index is 1060. The summed E-state index contributed by atoms with van der Waals surface area (Å²) in [6, 6.07) is 25.0. The van der Waals surface area contributed by atoms with E-state index >= 15 is 0 Å². The van der Waals surface area contributed by atoms with Gasteiger partial charge in [0.05, 0.1) is 5.52 Å². The van der Waals surface area contributed by atoms with Gasteiger partial charge >= 0.3 is 5.97 Å². The molecule has 4 rings (SSSR count). The second kappa shape index (κ2) is 6.17. The molecule has 0 bridgehead atoms. The summed E-state index contributed by atoms with van der Waals surface area (Å²) in [5.41, 5.74) is 3.64. The number of carboxylic acid groups (broad SMARTS) is 1. The molecule has 0 saturated carbocycles. The fourth-order valence-corrected chi connectivity index (χ4v) is 2.81. The van der Waals surface area contributed by atoms with E-state index in [1.165, 1.54) is 0 Å². The molecule has 3 aromatic carbocycles. The van der Waals surface area contributed by atoms with Gasteiger partial charge < -0.3 is 5.11 Å². The summed E-state index contributed by atoms with van der Waals surface area (Å²) < 4.78 is 0. The van der Waals surface area contributed by atoms with E-state index in [4.69, 9.17) is 0 Å². The molecule has 0 saturated heterocycles. The highest BCUT2D eigenvalue weighted by molar-refractivity contribution is 6.01. The zero-order chi connectivity index (χ0) is 17.2. The highest BCUT2D eigenvalue weighted by Crippen LogP contribution is 2.25. The molecule has 1 N–H and O–H groups in total. The molecule has 1 aromatic heterocycles. The van der Waals surface area contributed by atoms with Crippen LogP contribution in [-0.4, -0.2) is 21.0 Å². The topological polar surface area (TPSA) is 63.1 Å². The van der Waals surface area contributed by atoms with E-state index in [0.29, 0.717) is 16.7 Å². The normalized spacial score (nSPS) is 10.7. The monoisotopic (exact) mass is 326 g/mol.